The normalized spacial score (nSPS) is 10.6. The van der Waals surface area contributed by atoms with Crippen LogP contribution in [0.5, 0.6) is 5.75 Å². The van der Waals surface area contributed by atoms with E-state index in [1.807, 2.05) is 60.7 Å². The zero-order valence-corrected chi connectivity index (χ0v) is 17.1. The van der Waals surface area contributed by atoms with Crippen LogP contribution in [-0.4, -0.2) is 11.3 Å². The molecule has 4 nitrogen and oxygen atoms in total. The Morgan fingerprint density at radius 2 is 1.82 bits per heavy atom. The molecule has 3 N–H and O–H groups in total. The van der Waals surface area contributed by atoms with E-state index < -0.39 is 0 Å². The van der Waals surface area contributed by atoms with Crippen LogP contribution in [0.2, 0.25) is 10.0 Å². The first-order valence-electron chi connectivity index (χ1n) is 8.48. The average molecular weight is 431 g/mol. The molecule has 0 aliphatic heterocycles. The van der Waals surface area contributed by atoms with Gasteiger partial charge in [-0.05, 0) is 54.7 Å². The number of benzene rings is 3. The van der Waals surface area contributed by atoms with Gasteiger partial charge in [0.15, 0.2) is 6.21 Å². The number of hydrogen-bond acceptors (Lipinski definition) is 2. The highest BCUT2D eigenvalue weighted by Crippen LogP contribution is 2.22. The summed E-state index contributed by atoms with van der Waals surface area (Å²) in [5.41, 5.74) is 5.63. The van der Waals surface area contributed by atoms with E-state index in [2.05, 4.69) is 15.8 Å². The Morgan fingerprint density at radius 1 is 1.00 bits per heavy atom. The van der Waals surface area contributed by atoms with Crippen LogP contribution < -0.4 is 20.6 Å². The van der Waals surface area contributed by atoms with Crippen LogP contribution in [0.4, 0.5) is 5.69 Å². The third-order valence-electron chi connectivity index (χ3n) is 3.72. The van der Waals surface area contributed by atoms with Crippen LogP contribution in [0.3, 0.4) is 0 Å². The average Bonchev–Trinajstić information content (AvgIpc) is 2.68. The predicted molar refractivity (Wildman–Crippen MR) is 119 cm³/mol. The van der Waals surface area contributed by atoms with Gasteiger partial charge in [-0.1, -0.05) is 53.5 Å². The molecular formula is C21H18Cl2N3OS+. The van der Waals surface area contributed by atoms with Crippen LogP contribution in [0.25, 0.3) is 0 Å². The Balaban J connectivity index is 1.54. The maximum absolute atomic E-state index is 6.18. The first-order chi connectivity index (χ1) is 13.6. The Morgan fingerprint density at radius 3 is 2.61 bits per heavy atom. The predicted octanol–water partition coefficient (Wildman–Crippen LogP) is 3.97. The zero-order chi connectivity index (χ0) is 19.8. The topological polar surface area (TPSA) is 47.3 Å². The van der Waals surface area contributed by atoms with Crippen molar-refractivity contribution in [1.29, 1.82) is 0 Å². The van der Waals surface area contributed by atoms with Gasteiger partial charge < -0.3 is 10.1 Å². The zero-order valence-electron chi connectivity index (χ0n) is 14.8. The summed E-state index contributed by atoms with van der Waals surface area (Å²) < 4.78 is 5.83. The second-order valence-electron chi connectivity index (χ2n) is 5.83. The number of hydrogen-bond donors (Lipinski definition) is 3. The summed E-state index contributed by atoms with van der Waals surface area (Å²) in [6.45, 7) is 0.357. The lowest BCUT2D eigenvalue weighted by Gasteiger charge is -2.08. The van der Waals surface area contributed by atoms with Crippen LogP contribution in [-0.2, 0) is 6.61 Å². The Bertz CT molecular complexity index is 980. The summed E-state index contributed by atoms with van der Waals surface area (Å²) in [7, 11) is 0. The molecule has 0 aliphatic carbocycles. The van der Waals surface area contributed by atoms with E-state index in [1.54, 1.807) is 18.3 Å². The SMILES string of the molecule is S=C(N[NH+]=Cc1cccc(OCc2ccc(Cl)cc2Cl)c1)Nc1ccccc1. The number of nitrogens with one attached hydrogen (secondary N) is 3. The Kier molecular flexibility index (Phi) is 7.25. The van der Waals surface area contributed by atoms with Gasteiger partial charge in [0.2, 0.25) is 5.11 Å². The van der Waals surface area contributed by atoms with E-state index in [9.17, 15) is 0 Å². The van der Waals surface area contributed by atoms with Crippen molar-refractivity contribution >= 4 is 52.4 Å². The summed E-state index contributed by atoms with van der Waals surface area (Å²) in [6, 6.07) is 22.7. The summed E-state index contributed by atoms with van der Waals surface area (Å²) in [6.07, 6.45) is 1.79. The standard InChI is InChI=1S/C21H17Cl2N3OS/c22-17-10-9-16(20(23)12-17)14-27-19-8-4-5-15(11-19)13-24-26-21(28)25-18-6-2-1-3-7-18/h1-13H,14H2,(H2,25,26,28)/p+1. The lowest BCUT2D eigenvalue weighted by atomic mass is 10.2. The number of anilines is 1. The first kappa shape index (κ1) is 20.1. The van der Waals surface area contributed by atoms with Gasteiger partial charge in [-0.15, -0.1) is 10.5 Å². The maximum atomic E-state index is 6.18. The van der Waals surface area contributed by atoms with Gasteiger partial charge in [0.25, 0.3) is 0 Å². The third kappa shape index (κ3) is 6.23. The van der Waals surface area contributed by atoms with Crippen molar-refractivity contribution in [2.24, 2.45) is 0 Å². The van der Waals surface area contributed by atoms with Gasteiger partial charge in [0.05, 0.1) is 0 Å². The van der Waals surface area contributed by atoms with Crippen LogP contribution >= 0.6 is 35.4 Å². The molecule has 0 aliphatic rings. The Hall–Kier alpha value is -2.60. The lowest BCUT2D eigenvalue weighted by molar-refractivity contribution is -0.499. The van der Waals surface area contributed by atoms with E-state index in [0.717, 1.165) is 22.6 Å². The molecule has 7 heteroatoms. The minimum atomic E-state index is 0.357. The van der Waals surface area contributed by atoms with Crippen molar-refractivity contribution in [2.75, 3.05) is 5.32 Å². The van der Waals surface area contributed by atoms with Crippen LogP contribution in [0, 0.1) is 0 Å². The van der Waals surface area contributed by atoms with Crippen molar-refractivity contribution in [1.82, 2.24) is 5.43 Å². The number of hydrazone groups is 1. The van der Waals surface area contributed by atoms with E-state index in [-0.39, 0.29) is 0 Å². The molecule has 142 valence electrons. The molecule has 3 aromatic rings. The number of rotatable bonds is 6. The fraction of sp³-hybridized carbons (Fsp3) is 0.0476. The fourth-order valence-electron chi connectivity index (χ4n) is 2.36. The second kappa shape index (κ2) is 10.1. The van der Waals surface area contributed by atoms with E-state index in [4.69, 9.17) is 40.2 Å². The molecule has 0 saturated carbocycles. The minimum absolute atomic E-state index is 0.357. The monoisotopic (exact) mass is 430 g/mol. The largest absolute Gasteiger partial charge is 0.489 e. The van der Waals surface area contributed by atoms with E-state index >= 15 is 0 Å². The molecule has 3 aromatic carbocycles. The van der Waals surface area contributed by atoms with Crippen LogP contribution in [0.1, 0.15) is 11.1 Å². The molecule has 0 radical (unpaired) electrons. The van der Waals surface area contributed by atoms with Gasteiger partial charge in [-0.25, -0.2) is 0 Å². The molecular weight excluding hydrogens is 413 g/mol. The maximum Gasteiger partial charge on any atom is 0.228 e. The summed E-state index contributed by atoms with van der Waals surface area (Å²) >= 11 is 17.3. The highest BCUT2D eigenvalue weighted by molar-refractivity contribution is 7.80. The summed E-state index contributed by atoms with van der Waals surface area (Å²) in [4.78, 5) is 0. The molecule has 28 heavy (non-hydrogen) atoms. The molecule has 0 unspecified atom stereocenters. The molecule has 0 saturated heterocycles. The van der Waals surface area contributed by atoms with Crippen molar-refractivity contribution in [3.8, 4) is 5.75 Å². The smallest absolute Gasteiger partial charge is 0.228 e. The van der Waals surface area contributed by atoms with Crippen LogP contribution in [0.15, 0.2) is 72.8 Å². The molecule has 0 fully saturated rings. The second-order valence-corrected chi connectivity index (χ2v) is 7.08. The number of para-hydroxylation sites is 1. The van der Waals surface area contributed by atoms with Crippen molar-refractivity contribution in [3.63, 3.8) is 0 Å². The molecule has 0 amide bonds. The minimum Gasteiger partial charge on any atom is -0.489 e. The van der Waals surface area contributed by atoms with Gasteiger partial charge in [-0.3, -0.25) is 0 Å². The highest BCUT2D eigenvalue weighted by Gasteiger charge is 2.04. The van der Waals surface area contributed by atoms with Crippen molar-refractivity contribution < 1.29 is 9.84 Å². The van der Waals surface area contributed by atoms with Gasteiger partial charge in [0, 0.05) is 26.9 Å². The number of halogens is 2. The third-order valence-corrected chi connectivity index (χ3v) is 4.51. The molecule has 3 rings (SSSR count). The van der Waals surface area contributed by atoms with E-state index in [1.165, 1.54) is 0 Å². The van der Waals surface area contributed by atoms with Gasteiger partial charge in [0.1, 0.15) is 12.4 Å². The Labute approximate surface area is 179 Å². The molecule has 0 spiro atoms. The van der Waals surface area contributed by atoms with E-state index in [0.29, 0.717) is 21.8 Å². The summed E-state index contributed by atoms with van der Waals surface area (Å²) in [5, 5.41) is 7.70. The van der Waals surface area contributed by atoms with Gasteiger partial charge >= 0.3 is 0 Å². The molecule has 0 atom stereocenters. The number of thiocarbonyl (C=S) groups is 1. The first-order valence-corrected chi connectivity index (χ1v) is 9.64. The molecule has 0 heterocycles. The van der Waals surface area contributed by atoms with Crippen molar-refractivity contribution in [2.45, 2.75) is 6.61 Å². The summed E-state index contributed by atoms with van der Waals surface area (Å²) in [5.74, 6) is 0.728. The number of ether oxygens (including phenoxy) is 1. The lowest BCUT2D eigenvalue weighted by Crippen LogP contribution is -2.82. The molecule has 0 aromatic heterocycles. The number of hydrazine groups is 1. The van der Waals surface area contributed by atoms with Crippen molar-refractivity contribution in [3.05, 3.63) is 94.0 Å². The highest BCUT2D eigenvalue weighted by atomic mass is 35.5. The quantitative estimate of drug-likeness (QED) is 0.314. The fourth-order valence-corrected chi connectivity index (χ4v) is 3.00. The molecule has 0 bridgehead atoms. The van der Waals surface area contributed by atoms with Gasteiger partial charge in [-0.2, -0.15) is 0 Å².